The van der Waals surface area contributed by atoms with Gasteiger partial charge < -0.3 is 24.1 Å². The van der Waals surface area contributed by atoms with E-state index < -0.39 is 5.25 Å². The molecule has 2 atom stereocenters. The first-order chi connectivity index (χ1) is 9.75. The second kappa shape index (κ2) is 11.3. The quantitative estimate of drug-likeness (QED) is 0.346. The van der Waals surface area contributed by atoms with Crippen molar-refractivity contribution in [1.29, 1.82) is 0 Å². The molecule has 1 heterocycles. The molecule has 1 N–H and O–H groups in total. The van der Waals surface area contributed by atoms with E-state index in [0.29, 0.717) is 33.0 Å². The van der Waals surface area contributed by atoms with Crippen LogP contribution in [-0.4, -0.2) is 68.7 Å². The van der Waals surface area contributed by atoms with Gasteiger partial charge in [0.2, 0.25) is 0 Å². The van der Waals surface area contributed by atoms with Gasteiger partial charge in [-0.05, 0) is 19.3 Å². The fraction of sp³-hybridized carbons (Fsp3) is 0.923. The summed E-state index contributed by atoms with van der Waals surface area (Å²) in [6.45, 7) is 2.34. The van der Waals surface area contributed by atoms with Crippen LogP contribution in [0.5, 0.6) is 0 Å². The van der Waals surface area contributed by atoms with E-state index in [0.717, 1.165) is 19.3 Å². The Balaban J connectivity index is 1.99. The predicted molar refractivity (Wildman–Crippen MR) is 76.0 cm³/mol. The van der Waals surface area contributed by atoms with E-state index >= 15 is 0 Å². The summed E-state index contributed by atoms with van der Waals surface area (Å²) in [5.74, 6) is -0.361. The molecule has 0 aromatic carbocycles. The highest BCUT2D eigenvalue weighted by molar-refractivity contribution is 7.81. The molecule has 0 radical (unpaired) electrons. The Hall–Kier alpha value is -0.340. The van der Waals surface area contributed by atoms with Gasteiger partial charge in [-0.2, -0.15) is 12.6 Å². The number of ether oxygens (including phenoxy) is 4. The number of carbonyl (C=O) groups is 1. The van der Waals surface area contributed by atoms with Crippen LogP contribution in [0.25, 0.3) is 0 Å². The van der Waals surface area contributed by atoms with Gasteiger partial charge in [-0.3, -0.25) is 4.79 Å². The standard InChI is InChI=1S/C13H24O6S/c14-4-6-16-7-8-17-9-10-19-13(15)12(20)11-3-1-2-5-18-11/h11-12,14,20H,1-10H2. The molecule has 1 aliphatic rings. The molecule has 0 aromatic rings. The van der Waals surface area contributed by atoms with Gasteiger partial charge >= 0.3 is 5.97 Å². The highest BCUT2D eigenvalue weighted by atomic mass is 32.1. The van der Waals surface area contributed by atoms with Gasteiger partial charge in [0.25, 0.3) is 0 Å². The summed E-state index contributed by atoms with van der Waals surface area (Å²) in [6.07, 6.45) is 2.80. The van der Waals surface area contributed by atoms with Gasteiger partial charge in [-0.15, -0.1) is 0 Å². The first-order valence-electron chi connectivity index (χ1n) is 6.98. The normalized spacial score (nSPS) is 20.6. The fourth-order valence-electron chi connectivity index (χ4n) is 1.84. The predicted octanol–water partition coefficient (Wildman–Crippen LogP) is 0.423. The summed E-state index contributed by atoms with van der Waals surface area (Å²) in [6, 6.07) is 0. The zero-order valence-electron chi connectivity index (χ0n) is 11.7. The number of hydrogen-bond acceptors (Lipinski definition) is 7. The molecule has 0 aromatic heterocycles. The van der Waals surface area contributed by atoms with Crippen LogP contribution in [0.3, 0.4) is 0 Å². The van der Waals surface area contributed by atoms with Gasteiger partial charge in [0, 0.05) is 6.61 Å². The highest BCUT2D eigenvalue weighted by Gasteiger charge is 2.28. The maximum Gasteiger partial charge on any atom is 0.321 e. The van der Waals surface area contributed by atoms with Crippen LogP contribution in [0.15, 0.2) is 0 Å². The largest absolute Gasteiger partial charge is 0.462 e. The zero-order valence-corrected chi connectivity index (χ0v) is 12.6. The number of carbonyl (C=O) groups excluding carboxylic acids is 1. The van der Waals surface area contributed by atoms with Crippen LogP contribution in [-0.2, 0) is 23.7 Å². The maximum absolute atomic E-state index is 11.7. The molecule has 2 unspecified atom stereocenters. The molecular weight excluding hydrogens is 284 g/mol. The molecule has 0 aliphatic carbocycles. The Labute approximate surface area is 125 Å². The van der Waals surface area contributed by atoms with Crippen molar-refractivity contribution in [3.8, 4) is 0 Å². The summed E-state index contributed by atoms with van der Waals surface area (Å²) >= 11 is 4.27. The molecule has 0 bridgehead atoms. The van der Waals surface area contributed by atoms with Gasteiger partial charge in [0.15, 0.2) is 0 Å². The third kappa shape index (κ3) is 7.44. The minimum atomic E-state index is -0.525. The monoisotopic (exact) mass is 308 g/mol. The Morgan fingerprint density at radius 2 is 1.90 bits per heavy atom. The van der Waals surface area contributed by atoms with E-state index in [1.54, 1.807) is 0 Å². The van der Waals surface area contributed by atoms with E-state index in [2.05, 4.69) is 12.6 Å². The average Bonchev–Trinajstić information content (AvgIpc) is 2.50. The van der Waals surface area contributed by atoms with E-state index in [4.69, 9.17) is 24.1 Å². The van der Waals surface area contributed by atoms with Crippen molar-refractivity contribution in [1.82, 2.24) is 0 Å². The second-order valence-corrected chi connectivity index (χ2v) is 5.02. The smallest absolute Gasteiger partial charge is 0.321 e. The van der Waals surface area contributed by atoms with E-state index in [9.17, 15) is 4.79 Å². The lowest BCUT2D eigenvalue weighted by Crippen LogP contribution is -2.36. The third-order valence-corrected chi connectivity index (χ3v) is 3.43. The lowest BCUT2D eigenvalue weighted by molar-refractivity contribution is -0.148. The topological polar surface area (TPSA) is 74.2 Å². The molecule has 1 rings (SSSR count). The zero-order chi connectivity index (χ0) is 14.6. The molecule has 20 heavy (non-hydrogen) atoms. The number of hydrogen-bond donors (Lipinski definition) is 2. The number of aliphatic hydroxyl groups is 1. The third-order valence-electron chi connectivity index (χ3n) is 2.89. The lowest BCUT2D eigenvalue weighted by Gasteiger charge is -2.26. The Bertz CT molecular complexity index is 257. The molecule has 1 aliphatic heterocycles. The van der Waals surface area contributed by atoms with Gasteiger partial charge in [0.05, 0.1) is 39.1 Å². The maximum atomic E-state index is 11.7. The first-order valence-corrected chi connectivity index (χ1v) is 7.50. The average molecular weight is 308 g/mol. The Kier molecular flexibility index (Phi) is 10.0. The van der Waals surface area contributed by atoms with E-state index in [1.807, 2.05) is 0 Å². The summed E-state index contributed by atoms with van der Waals surface area (Å²) in [5.41, 5.74) is 0. The minimum Gasteiger partial charge on any atom is -0.462 e. The van der Waals surface area contributed by atoms with Crippen molar-refractivity contribution in [3.05, 3.63) is 0 Å². The van der Waals surface area contributed by atoms with Crippen LogP contribution >= 0.6 is 12.6 Å². The van der Waals surface area contributed by atoms with Crippen LogP contribution in [0.2, 0.25) is 0 Å². The molecular formula is C13H24O6S. The first kappa shape index (κ1) is 17.7. The lowest BCUT2D eigenvalue weighted by atomic mass is 10.1. The van der Waals surface area contributed by atoms with Crippen molar-refractivity contribution in [2.75, 3.05) is 46.2 Å². The highest BCUT2D eigenvalue weighted by Crippen LogP contribution is 2.20. The molecule has 6 nitrogen and oxygen atoms in total. The number of aliphatic hydroxyl groups excluding tert-OH is 1. The second-order valence-electron chi connectivity index (χ2n) is 4.47. The summed E-state index contributed by atoms with van der Waals surface area (Å²) < 4.78 is 20.8. The molecule has 1 saturated heterocycles. The van der Waals surface area contributed by atoms with Gasteiger partial charge in [-0.1, -0.05) is 0 Å². The molecule has 0 saturated carbocycles. The number of thiol groups is 1. The fourth-order valence-corrected chi connectivity index (χ4v) is 2.15. The number of rotatable bonds is 10. The van der Waals surface area contributed by atoms with Crippen LogP contribution in [0.1, 0.15) is 19.3 Å². The van der Waals surface area contributed by atoms with Crippen LogP contribution in [0.4, 0.5) is 0 Å². The summed E-state index contributed by atoms with van der Waals surface area (Å²) in [7, 11) is 0. The van der Waals surface area contributed by atoms with E-state index in [1.165, 1.54) is 0 Å². The molecule has 7 heteroatoms. The van der Waals surface area contributed by atoms with Crippen molar-refractivity contribution in [3.63, 3.8) is 0 Å². The van der Waals surface area contributed by atoms with Crippen molar-refractivity contribution >= 4 is 18.6 Å². The Morgan fingerprint density at radius 1 is 1.20 bits per heavy atom. The molecule has 0 spiro atoms. The molecule has 0 amide bonds. The summed E-state index contributed by atoms with van der Waals surface area (Å²) in [4.78, 5) is 11.7. The minimum absolute atomic E-state index is 0.00415. The van der Waals surface area contributed by atoms with Gasteiger partial charge in [-0.25, -0.2) is 0 Å². The van der Waals surface area contributed by atoms with Crippen LogP contribution in [0, 0.1) is 0 Å². The Morgan fingerprint density at radius 3 is 2.55 bits per heavy atom. The summed E-state index contributed by atoms with van der Waals surface area (Å²) in [5, 5.41) is 7.96. The van der Waals surface area contributed by atoms with Crippen molar-refractivity contribution in [2.24, 2.45) is 0 Å². The SMILES string of the molecule is O=C(OCCOCCOCCO)C(S)C1CCCCO1. The number of esters is 1. The van der Waals surface area contributed by atoms with Crippen molar-refractivity contribution in [2.45, 2.75) is 30.6 Å². The van der Waals surface area contributed by atoms with Crippen LogP contribution < -0.4 is 0 Å². The van der Waals surface area contributed by atoms with E-state index in [-0.39, 0.29) is 25.3 Å². The molecule has 1 fully saturated rings. The van der Waals surface area contributed by atoms with Gasteiger partial charge in [0.1, 0.15) is 11.9 Å². The molecule has 118 valence electrons. The van der Waals surface area contributed by atoms with Crippen molar-refractivity contribution < 1.29 is 28.8 Å².